The Balaban J connectivity index is 0.00000112. The molecule has 0 spiro atoms. The molecule has 2 unspecified atom stereocenters. The highest BCUT2D eigenvalue weighted by molar-refractivity contribution is 5.85. The van der Waals surface area contributed by atoms with E-state index in [2.05, 4.69) is 12.2 Å². The van der Waals surface area contributed by atoms with Crippen molar-refractivity contribution in [3.8, 4) is 0 Å². The Morgan fingerprint density at radius 3 is 2.60 bits per heavy atom. The van der Waals surface area contributed by atoms with Gasteiger partial charge in [-0.15, -0.1) is 12.4 Å². The normalized spacial score (nSPS) is 30.9. The van der Waals surface area contributed by atoms with E-state index in [-0.39, 0.29) is 18.3 Å². The van der Waals surface area contributed by atoms with Crippen LogP contribution < -0.4 is 11.1 Å². The fourth-order valence-corrected chi connectivity index (χ4v) is 2.32. The quantitative estimate of drug-likeness (QED) is 0.696. The van der Waals surface area contributed by atoms with Gasteiger partial charge in [0, 0.05) is 25.7 Å². The monoisotopic (exact) mass is 233 g/mol. The summed E-state index contributed by atoms with van der Waals surface area (Å²) in [4.78, 5) is 14.0. The van der Waals surface area contributed by atoms with E-state index in [1.807, 2.05) is 4.90 Å². The first-order valence-electron chi connectivity index (χ1n) is 5.43. The zero-order chi connectivity index (χ0) is 10.1. The highest BCUT2D eigenvalue weighted by Gasteiger charge is 2.36. The molecule has 1 amide bonds. The van der Waals surface area contributed by atoms with Crippen LogP contribution in [0.2, 0.25) is 0 Å². The van der Waals surface area contributed by atoms with Gasteiger partial charge < -0.3 is 16.0 Å². The minimum atomic E-state index is 0. The van der Waals surface area contributed by atoms with E-state index in [1.165, 1.54) is 0 Å². The van der Waals surface area contributed by atoms with Gasteiger partial charge in [0.2, 0.25) is 5.91 Å². The van der Waals surface area contributed by atoms with E-state index in [1.54, 1.807) is 0 Å². The summed E-state index contributed by atoms with van der Waals surface area (Å²) in [5.74, 6) is 1.07. The van der Waals surface area contributed by atoms with Crippen LogP contribution in [0.25, 0.3) is 0 Å². The molecule has 0 aliphatic carbocycles. The number of rotatable bonds is 2. The Morgan fingerprint density at radius 1 is 1.53 bits per heavy atom. The van der Waals surface area contributed by atoms with Crippen molar-refractivity contribution < 1.29 is 4.79 Å². The van der Waals surface area contributed by atoms with E-state index >= 15 is 0 Å². The van der Waals surface area contributed by atoms with Crippen molar-refractivity contribution in [2.75, 3.05) is 26.2 Å². The van der Waals surface area contributed by atoms with Crippen LogP contribution in [-0.4, -0.2) is 43.0 Å². The molecule has 2 atom stereocenters. The molecular formula is C10H20ClN3O. The first-order valence-corrected chi connectivity index (χ1v) is 5.43. The van der Waals surface area contributed by atoms with Crippen molar-refractivity contribution in [3.63, 3.8) is 0 Å². The van der Waals surface area contributed by atoms with Crippen molar-refractivity contribution in [1.82, 2.24) is 10.2 Å². The van der Waals surface area contributed by atoms with Crippen LogP contribution in [-0.2, 0) is 4.79 Å². The van der Waals surface area contributed by atoms with E-state index < -0.39 is 0 Å². The fourth-order valence-electron chi connectivity index (χ4n) is 2.32. The lowest BCUT2D eigenvalue weighted by Crippen LogP contribution is -2.52. The highest BCUT2D eigenvalue weighted by atomic mass is 35.5. The lowest BCUT2D eigenvalue weighted by molar-refractivity contribution is -0.137. The third kappa shape index (κ3) is 2.44. The number of amides is 1. The SMILES string of the molecule is CC1CC(CN)CN1C(=O)C1CNC1.Cl. The van der Waals surface area contributed by atoms with Crippen molar-refractivity contribution >= 4 is 18.3 Å². The molecule has 0 aromatic heterocycles. The largest absolute Gasteiger partial charge is 0.339 e. The smallest absolute Gasteiger partial charge is 0.228 e. The Kier molecular flexibility index (Phi) is 4.37. The molecule has 2 heterocycles. The number of likely N-dealkylation sites (tertiary alicyclic amines) is 1. The molecule has 2 aliphatic heterocycles. The van der Waals surface area contributed by atoms with Gasteiger partial charge in [0.25, 0.3) is 0 Å². The molecule has 4 nitrogen and oxygen atoms in total. The molecule has 2 saturated heterocycles. The van der Waals surface area contributed by atoms with Crippen LogP contribution in [0.1, 0.15) is 13.3 Å². The minimum Gasteiger partial charge on any atom is -0.339 e. The number of halogens is 1. The number of hydrogen-bond acceptors (Lipinski definition) is 3. The van der Waals surface area contributed by atoms with Crippen LogP contribution >= 0.6 is 12.4 Å². The maximum absolute atomic E-state index is 11.9. The maximum atomic E-state index is 11.9. The van der Waals surface area contributed by atoms with Gasteiger partial charge in [0.05, 0.1) is 5.92 Å². The van der Waals surface area contributed by atoms with Crippen molar-refractivity contribution in [3.05, 3.63) is 0 Å². The summed E-state index contributed by atoms with van der Waals surface area (Å²) in [6.07, 6.45) is 1.07. The number of nitrogens with one attached hydrogen (secondary N) is 1. The van der Waals surface area contributed by atoms with Crippen molar-refractivity contribution in [2.24, 2.45) is 17.6 Å². The van der Waals surface area contributed by atoms with E-state index in [0.29, 0.717) is 24.4 Å². The molecule has 0 bridgehead atoms. The predicted molar refractivity (Wildman–Crippen MR) is 61.9 cm³/mol. The standard InChI is InChI=1S/C10H19N3O.ClH/c1-7-2-8(3-11)6-13(7)10(14)9-4-12-5-9;/h7-9,12H,2-6,11H2,1H3;1H. The second-order valence-electron chi connectivity index (χ2n) is 4.53. The van der Waals surface area contributed by atoms with E-state index in [9.17, 15) is 4.79 Å². The Bertz CT molecular complexity index is 233. The van der Waals surface area contributed by atoms with Gasteiger partial charge in [-0.05, 0) is 25.8 Å². The van der Waals surface area contributed by atoms with Gasteiger partial charge in [0.1, 0.15) is 0 Å². The maximum Gasteiger partial charge on any atom is 0.228 e. The van der Waals surface area contributed by atoms with Crippen LogP contribution in [0.5, 0.6) is 0 Å². The molecule has 0 saturated carbocycles. The number of carbonyl (C=O) groups excluding carboxylic acids is 1. The second-order valence-corrected chi connectivity index (χ2v) is 4.53. The molecule has 2 rings (SSSR count). The summed E-state index contributed by atoms with van der Waals surface area (Å²) >= 11 is 0. The predicted octanol–water partition coefficient (Wildman–Crippen LogP) is -0.177. The molecule has 0 aromatic rings. The van der Waals surface area contributed by atoms with Crippen LogP contribution in [0.4, 0.5) is 0 Å². The molecular weight excluding hydrogens is 214 g/mol. The Morgan fingerprint density at radius 2 is 2.20 bits per heavy atom. The molecule has 2 aliphatic rings. The first-order chi connectivity index (χ1) is 6.72. The second kappa shape index (κ2) is 5.14. The molecule has 2 fully saturated rings. The molecule has 88 valence electrons. The van der Waals surface area contributed by atoms with Gasteiger partial charge in [-0.3, -0.25) is 4.79 Å². The summed E-state index contributed by atoms with van der Waals surface area (Å²) in [5.41, 5.74) is 5.63. The summed E-state index contributed by atoms with van der Waals surface area (Å²) in [5, 5.41) is 3.13. The van der Waals surface area contributed by atoms with Gasteiger partial charge >= 0.3 is 0 Å². The van der Waals surface area contributed by atoms with Gasteiger partial charge in [-0.2, -0.15) is 0 Å². The molecule has 15 heavy (non-hydrogen) atoms. The summed E-state index contributed by atoms with van der Waals surface area (Å²) < 4.78 is 0. The summed E-state index contributed by atoms with van der Waals surface area (Å²) in [6, 6.07) is 0.386. The van der Waals surface area contributed by atoms with Crippen LogP contribution in [0.3, 0.4) is 0 Å². The topological polar surface area (TPSA) is 58.4 Å². The number of nitrogens with zero attached hydrogens (tertiary/aromatic N) is 1. The number of carbonyl (C=O) groups is 1. The van der Waals surface area contributed by atoms with E-state index in [4.69, 9.17) is 5.73 Å². The summed E-state index contributed by atoms with van der Waals surface area (Å²) in [6.45, 7) is 5.41. The molecule has 3 N–H and O–H groups in total. The minimum absolute atomic E-state index is 0. The van der Waals surface area contributed by atoms with Crippen molar-refractivity contribution in [2.45, 2.75) is 19.4 Å². The van der Waals surface area contributed by atoms with Gasteiger partial charge in [-0.1, -0.05) is 0 Å². The molecule has 0 aromatic carbocycles. The highest BCUT2D eigenvalue weighted by Crippen LogP contribution is 2.24. The fraction of sp³-hybridized carbons (Fsp3) is 0.900. The van der Waals surface area contributed by atoms with Crippen LogP contribution in [0.15, 0.2) is 0 Å². The summed E-state index contributed by atoms with van der Waals surface area (Å²) in [7, 11) is 0. The third-order valence-electron chi connectivity index (χ3n) is 3.41. The average Bonchev–Trinajstić information content (AvgIpc) is 2.43. The lowest BCUT2D eigenvalue weighted by Gasteiger charge is -2.32. The average molecular weight is 234 g/mol. The van der Waals surface area contributed by atoms with Crippen LogP contribution in [0, 0.1) is 11.8 Å². The Labute approximate surface area is 97.0 Å². The van der Waals surface area contributed by atoms with Gasteiger partial charge in [0.15, 0.2) is 0 Å². The zero-order valence-electron chi connectivity index (χ0n) is 9.11. The molecule has 5 heteroatoms. The van der Waals surface area contributed by atoms with E-state index in [0.717, 1.165) is 26.1 Å². The lowest BCUT2D eigenvalue weighted by atomic mass is 10.0. The Hall–Kier alpha value is -0.320. The van der Waals surface area contributed by atoms with Crippen molar-refractivity contribution in [1.29, 1.82) is 0 Å². The van der Waals surface area contributed by atoms with Gasteiger partial charge in [-0.25, -0.2) is 0 Å². The number of nitrogens with two attached hydrogens (primary N) is 1. The first kappa shape index (κ1) is 12.7. The zero-order valence-corrected chi connectivity index (χ0v) is 9.93. The third-order valence-corrected chi connectivity index (χ3v) is 3.41. The number of hydrogen-bond donors (Lipinski definition) is 2. The molecule has 0 radical (unpaired) electrons.